The Kier molecular flexibility index (Phi) is 5.98. The van der Waals surface area contributed by atoms with E-state index in [9.17, 15) is 0 Å². The summed E-state index contributed by atoms with van der Waals surface area (Å²) in [5.41, 5.74) is 3.23. The first kappa shape index (κ1) is 21.1. The van der Waals surface area contributed by atoms with E-state index in [-0.39, 0.29) is 5.41 Å². The molecule has 4 nitrogen and oxygen atoms in total. The van der Waals surface area contributed by atoms with Crippen LogP contribution in [0.15, 0.2) is 42.5 Å². The maximum Gasteiger partial charge on any atom is 0.266 e. The van der Waals surface area contributed by atoms with Gasteiger partial charge in [0.1, 0.15) is 5.75 Å². The van der Waals surface area contributed by atoms with Crippen molar-refractivity contribution in [3.05, 3.63) is 47.5 Å². The van der Waals surface area contributed by atoms with Crippen LogP contribution < -0.4 is 15.0 Å². The third-order valence-electron chi connectivity index (χ3n) is 5.46. The number of hydrogen-bond donors (Lipinski definition) is 1. The van der Waals surface area contributed by atoms with Crippen molar-refractivity contribution in [2.75, 3.05) is 23.3 Å². The van der Waals surface area contributed by atoms with Gasteiger partial charge in [0, 0.05) is 18.5 Å². The van der Waals surface area contributed by atoms with Crippen molar-refractivity contribution in [2.24, 2.45) is 5.92 Å². The van der Waals surface area contributed by atoms with Crippen molar-refractivity contribution >= 4 is 50.3 Å². The molecule has 2 heterocycles. The van der Waals surface area contributed by atoms with E-state index >= 15 is 0 Å². The Labute approximate surface area is 188 Å². The molecule has 2 aromatic carbocycles. The number of fused-ring (bicyclic) bond motifs is 1. The second-order valence-corrected chi connectivity index (χ2v) is 10.5. The van der Waals surface area contributed by atoms with Gasteiger partial charge in [-0.1, -0.05) is 45.9 Å². The summed E-state index contributed by atoms with van der Waals surface area (Å²) >= 11 is 7.27. The van der Waals surface area contributed by atoms with E-state index < -0.39 is 0 Å². The predicted molar refractivity (Wildman–Crippen MR) is 132 cm³/mol. The monoisotopic (exact) mass is 439 g/mol. The van der Waals surface area contributed by atoms with E-state index in [0.29, 0.717) is 5.17 Å². The molecule has 0 amide bonds. The Morgan fingerprint density at radius 2 is 1.87 bits per heavy atom. The zero-order valence-electron chi connectivity index (χ0n) is 18.1. The van der Waals surface area contributed by atoms with Crippen molar-refractivity contribution < 1.29 is 4.74 Å². The van der Waals surface area contributed by atoms with Crippen LogP contribution >= 0.6 is 23.6 Å². The van der Waals surface area contributed by atoms with Crippen molar-refractivity contribution in [2.45, 2.75) is 46.0 Å². The zero-order valence-corrected chi connectivity index (χ0v) is 19.7. The smallest absolute Gasteiger partial charge is 0.266 e. The number of para-hydroxylation sites is 1. The third kappa shape index (κ3) is 4.76. The maximum atomic E-state index is 5.84. The lowest BCUT2D eigenvalue weighted by atomic mass is 9.98. The number of anilines is 2. The molecule has 1 aliphatic heterocycles. The molecule has 1 saturated heterocycles. The number of aromatic nitrogens is 1. The van der Waals surface area contributed by atoms with Crippen LogP contribution in [-0.4, -0.2) is 23.2 Å². The first-order chi connectivity index (χ1) is 14.3. The highest BCUT2D eigenvalue weighted by atomic mass is 32.1. The molecule has 0 atom stereocenters. The Morgan fingerprint density at radius 1 is 1.17 bits per heavy atom. The van der Waals surface area contributed by atoms with Gasteiger partial charge in [-0.25, -0.2) is 4.98 Å². The second-order valence-electron chi connectivity index (χ2n) is 9.10. The quantitative estimate of drug-likeness (QED) is 0.465. The highest BCUT2D eigenvalue weighted by molar-refractivity contribution is 7.80. The average Bonchev–Trinajstić information content (AvgIpc) is 3.12. The van der Waals surface area contributed by atoms with E-state index in [1.54, 1.807) is 11.3 Å². The van der Waals surface area contributed by atoms with Crippen molar-refractivity contribution in [1.82, 2.24) is 4.98 Å². The Hall–Kier alpha value is -2.18. The number of thiocarbonyl (C=S) groups is 1. The molecule has 30 heavy (non-hydrogen) atoms. The van der Waals surface area contributed by atoms with Crippen LogP contribution in [0.4, 0.5) is 11.4 Å². The highest BCUT2D eigenvalue weighted by Crippen LogP contribution is 2.38. The first-order valence-electron chi connectivity index (χ1n) is 10.5. The molecule has 0 unspecified atom stereocenters. The van der Waals surface area contributed by atoms with Gasteiger partial charge < -0.3 is 15.0 Å². The summed E-state index contributed by atoms with van der Waals surface area (Å²) < 4.78 is 7.00. The minimum Gasteiger partial charge on any atom is -0.432 e. The number of piperidine rings is 1. The molecule has 1 aliphatic rings. The SMILES string of the molecule is CC1CCN(c2cc3nc(C(C)(C)C)sc3cc2NC(=S)Oc2ccccc2)CC1. The third-order valence-corrected chi connectivity index (χ3v) is 7.09. The Morgan fingerprint density at radius 3 is 2.53 bits per heavy atom. The lowest BCUT2D eigenvalue weighted by Crippen LogP contribution is -2.33. The molecule has 0 radical (unpaired) electrons. The molecule has 0 aliphatic carbocycles. The van der Waals surface area contributed by atoms with Gasteiger partial charge in [-0.3, -0.25) is 0 Å². The lowest BCUT2D eigenvalue weighted by Gasteiger charge is -2.33. The van der Waals surface area contributed by atoms with Gasteiger partial charge in [0.2, 0.25) is 0 Å². The molecule has 4 rings (SSSR count). The van der Waals surface area contributed by atoms with Gasteiger partial charge in [-0.2, -0.15) is 0 Å². The van der Waals surface area contributed by atoms with Crippen LogP contribution in [-0.2, 0) is 5.41 Å². The first-order valence-corrected chi connectivity index (χ1v) is 11.8. The Balaban J connectivity index is 1.67. The van der Waals surface area contributed by atoms with E-state index in [1.165, 1.54) is 17.5 Å². The number of rotatable bonds is 3. The number of ether oxygens (including phenoxy) is 1. The van der Waals surface area contributed by atoms with E-state index in [2.05, 4.69) is 50.0 Å². The summed E-state index contributed by atoms with van der Waals surface area (Å²) in [4.78, 5) is 7.39. The minimum atomic E-state index is 0.0315. The second kappa shape index (κ2) is 8.52. The molecular weight excluding hydrogens is 410 g/mol. The zero-order chi connectivity index (χ0) is 21.3. The summed E-state index contributed by atoms with van der Waals surface area (Å²) in [6.45, 7) is 11.0. The fourth-order valence-electron chi connectivity index (χ4n) is 3.63. The van der Waals surface area contributed by atoms with Gasteiger partial charge in [0.05, 0.1) is 26.6 Å². The van der Waals surface area contributed by atoms with Gasteiger partial charge in [0.15, 0.2) is 0 Å². The number of hydrogen-bond acceptors (Lipinski definition) is 5. The topological polar surface area (TPSA) is 37.4 Å². The summed E-state index contributed by atoms with van der Waals surface area (Å²) in [7, 11) is 0. The van der Waals surface area contributed by atoms with Gasteiger partial charge in [0.25, 0.3) is 5.17 Å². The van der Waals surface area contributed by atoms with Crippen LogP contribution in [0.5, 0.6) is 5.75 Å². The van der Waals surface area contributed by atoms with Crippen molar-refractivity contribution in [3.63, 3.8) is 0 Å². The van der Waals surface area contributed by atoms with Crippen molar-refractivity contribution in [3.8, 4) is 5.75 Å². The van der Waals surface area contributed by atoms with Crippen LogP contribution in [0, 0.1) is 5.92 Å². The molecule has 1 N–H and O–H groups in total. The highest BCUT2D eigenvalue weighted by Gasteiger charge is 2.23. The number of thiazole rings is 1. The normalized spacial score (nSPS) is 15.4. The summed E-state index contributed by atoms with van der Waals surface area (Å²) in [5.74, 6) is 1.51. The number of nitrogens with zero attached hydrogens (tertiary/aromatic N) is 2. The molecule has 1 fully saturated rings. The van der Waals surface area contributed by atoms with Gasteiger partial charge >= 0.3 is 0 Å². The standard InChI is InChI=1S/C24H29N3OS2/c1-16-10-12-27(13-11-16)20-14-19-21(30-22(25-19)24(2,3)4)15-18(20)26-23(29)28-17-8-6-5-7-9-17/h5-9,14-16H,10-13H2,1-4H3,(H,26,29). The lowest BCUT2D eigenvalue weighted by molar-refractivity contribution is 0.439. The van der Waals surface area contributed by atoms with E-state index in [1.807, 2.05) is 30.3 Å². The molecule has 0 saturated carbocycles. The van der Waals surface area contributed by atoms with Crippen LogP contribution in [0.2, 0.25) is 0 Å². The molecule has 158 valence electrons. The van der Waals surface area contributed by atoms with Gasteiger partial charge in [-0.05, 0) is 55.2 Å². The number of benzene rings is 2. The molecular formula is C24H29N3OS2. The maximum absolute atomic E-state index is 5.84. The fraction of sp³-hybridized carbons (Fsp3) is 0.417. The van der Waals surface area contributed by atoms with Gasteiger partial charge in [-0.15, -0.1) is 11.3 Å². The predicted octanol–water partition coefficient (Wildman–Crippen LogP) is 6.61. The molecule has 3 aromatic rings. The fourth-order valence-corrected chi connectivity index (χ4v) is 4.88. The summed E-state index contributed by atoms with van der Waals surface area (Å²) in [6, 6.07) is 14.0. The van der Waals surface area contributed by atoms with Crippen LogP contribution in [0.25, 0.3) is 10.2 Å². The van der Waals surface area contributed by atoms with Crippen molar-refractivity contribution in [1.29, 1.82) is 0 Å². The molecule has 0 bridgehead atoms. The van der Waals surface area contributed by atoms with E-state index in [4.69, 9.17) is 21.9 Å². The summed E-state index contributed by atoms with van der Waals surface area (Å²) in [6.07, 6.45) is 2.40. The summed E-state index contributed by atoms with van der Waals surface area (Å²) in [5, 5.41) is 4.86. The largest absolute Gasteiger partial charge is 0.432 e. The average molecular weight is 440 g/mol. The van der Waals surface area contributed by atoms with E-state index in [0.717, 1.165) is 46.7 Å². The molecule has 0 spiro atoms. The molecule has 6 heteroatoms. The number of nitrogens with one attached hydrogen (secondary N) is 1. The molecule has 1 aromatic heterocycles. The van der Waals surface area contributed by atoms with Crippen LogP contribution in [0.1, 0.15) is 45.5 Å². The van der Waals surface area contributed by atoms with Crippen LogP contribution in [0.3, 0.4) is 0 Å². The minimum absolute atomic E-state index is 0.0315. The Bertz CT molecular complexity index is 1030.